The highest BCUT2D eigenvalue weighted by molar-refractivity contribution is 5.79. The first-order valence-corrected chi connectivity index (χ1v) is 7.89. The van der Waals surface area contributed by atoms with Crippen LogP contribution in [0.5, 0.6) is 5.75 Å². The van der Waals surface area contributed by atoms with Gasteiger partial charge in [-0.2, -0.15) is 0 Å². The number of methoxy groups -OCH3 is 1. The monoisotopic (exact) mass is 348 g/mol. The second-order valence-electron chi connectivity index (χ2n) is 5.99. The van der Waals surface area contributed by atoms with Gasteiger partial charge < -0.3 is 14.7 Å². The minimum absolute atomic E-state index is 0.0525. The van der Waals surface area contributed by atoms with Gasteiger partial charge in [0.1, 0.15) is 5.75 Å². The molecule has 0 aliphatic carbocycles. The van der Waals surface area contributed by atoms with Crippen molar-refractivity contribution >= 4 is 5.91 Å². The number of nitrogens with zero attached hydrogens (tertiary/aromatic N) is 2. The van der Waals surface area contributed by atoms with Crippen molar-refractivity contribution in [3.63, 3.8) is 0 Å². The number of rotatable bonds is 4. The number of benzene rings is 1. The molecule has 1 aromatic carbocycles. The first-order chi connectivity index (χ1) is 12.0. The molecular weight excluding hydrogens is 330 g/mol. The molecule has 7 heteroatoms. The van der Waals surface area contributed by atoms with E-state index >= 15 is 0 Å². The summed E-state index contributed by atoms with van der Waals surface area (Å²) in [7, 11) is 1.53. The second-order valence-corrected chi connectivity index (χ2v) is 5.99. The number of ether oxygens (including phenoxy) is 1. The van der Waals surface area contributed by atoms with Gasteiger partial charge in [-0.3, -0.25) is 9.78 Å². The van der Waals surface area contributed by atoms with E-state index in [0.29, 0.717) is 17.0 Å². The Morgan fingerprint density at radius 3 is 2.76 bits per heavy atom. The highest BCUT2D eigenvalue weighted by Crippen LogP contribution is 2.33. The molecule has 0 radical (unpaired) electrons. The van der Waals surface area contributed by atoms with E-state index in [-0.39, 0.29) is 25.3 Å². The lowest BCUT2D eigenvalue weighted by atomic mass is 10.0. The Bertz CT molecular complexity index is 767. The van der Waals surface area contributed by atoms with Crippen molar-refractivity contribution in [3.8, 4) is 5.75 Å². The van der Waals surface area contributed by atoms with E-state index in [0.717, 1.165) is 12.1 Å². The lowest BCUT2D eigenvalue weighted by molar-refractivity contribution is -0.131. The van der Waals surface area contributed by atoms with Gasteiger partial charge in [0, 0.05) is 12.2 Å². The highest BCUT2D eigenvalue weighted by Gasteiger charge is 2.35. The molecule has 1 N–H and O–H groups in total. The van der Waals surface area contributed by atoms with Crippen LogP contribution in [-0.2, 0) is 11.2 Å². The van der Waals surface area contributed by atoms with Crippen molar-refractivity contribution in [3.05, 3.63) is 59.4 Å². The summed E-state index contributed by atoms with van der Waals surface area (Å²) in [5, 5.41) is 9.94. The summed E-state index contributed by atoms with van der Waals surface area (Å²) < 4.78 is 31.7. The molecule has 25 heavy (non-hydrogen) atoms. The lowest BCUT2D eigenvalue weighted by Gasteiger charge is -2.25. The van der Waals surface area contributed by atoms with Gasteiger partial charge in [-0.1, -0.05) is 6.07 Å². The molecule has 1 aliphatic heterocycles. The average molecular weight is 348 g/mol. The number of amides is 1. The van der Waals surface area contributed by atoms with Crippen LogP contribution < -0.4 is 4.74 Å². The maximum absolute atomic E-state index is 13.5. The zero-order valence-corrected chi connectivity index (χ0v) is 13.7. The van der Waals surface area contributed by atoms with Crippen molar-refractivity contribution in [2.75, 3.05) is 13.7 Å². The van der Waals surface area contributed by atoms with Crippen LogP contribution >= 0.6 is 0 Å². The molecule has 132 valence electrons. The van der Waals surface area contributed by atoms with Gasteiger partial charge in [0.05, 0.1) is 31.9 Å². The van der Waals surface area contributed by atoms with Crippen molar-refractivity contribution in [2.45, 2.75) is 25.0 Å². The zero-order valence-electron chi connectivity index (χ0n) is 13.7. The van der Waals surface area contributed by atoms with Gasteiger partial charge in [-0.25, -0.2) is 8.78 Å². The summed E-state index contributed by atoms with van der Waals surface area (Å²) in [6, 6.07) is 6.45. The van der Waals surface area contributed by atoms with Crippen LogP contribution in [-0.4, -0.2) is 40.7 Å². The predicted octanol–water partition coefficient (Wildman–Crippen LogP) is 2.25. The minimum atomic E-state index is -0.969. The number of β-amino-alcohol motifs (C(OH)–C–C–N with tert-alkyl or cyclic N) is 1. The molecule has 0 unspecified atom stereocenters. The molecule has 0 saturated carbocycles. The Labute approximate surface area is 143 Å². The number of likely N-dealkylation sites (tertiary alicyclic amines) is 1. The fraction of sp³-hybridized carbons (Fsp3) is 0.333. The van der Waals surface area contributed by atoms with Crippen molar-refractivity contribution in [1.82, 2.24) is 9.88 Å². The third kappa shape index (κ3) is 3.76. The number of carbonyl (C=O) groups is 1. The fourth-order valence-corrected chi connectivity index (χ4v) is 3.02. The smallest absolute Gasteiger partial charge is 0.229 e. The normalized spacial score (nSPS) is 19.9. The van der Waals surface area contributed by atoms with Gasteiger partial charge in [-0.05, 0) is 36.2 Å². The molecule has 5 nitrogen and oxygen atoms in total. The van der Waals surface area contributed by atoms with Gasteiger partial charge in [-0.15, -0.1) is 0 Å². The topological polar surface area (TPSA) is 62.7 Å². The van der Waals surface area contributed by atoms with Gasteiger partial charge in [0.25, 0.3) is 0 Å². The molecule has 2 aromatic rings. The molecule has 1 saturated heterocycles. The Balaban J connectivity index is 1.78. The summed E-state index contributed by atoms with van der Waals surface area (Å²) in [6.45, 7) is 0.151. The molecule has 0 bridgehead atoms. The Hall–Kier alpha value is -2.54. The summed E-state index contributed by atoms with van der Waals surface area (Å²) in [4.78, 5) is 18.3. The van der Waals surface area contributed by atoms with E-state index < -0.39 is 23.8 Å². The second kappa shape index (κ2) is 7.14. The molecule has 3 rings (SSSR count). The van der Waals surface area contributed by atoms with E-state index in [1.807, 2.05) is 0 Å². The quantitative estimate of drug-likeness (QED) is 0.921. The Kier molecular flexibility index (Phi) is 4.94. The van der Waals surface area contributed by atoms with Crippen LogP contribution in [0.15, 0.2) is 36.5 Å². The third-order valence-electron chi connectivity index (χ3n) is 4.29. The lowest BCUT2D eigenvalue weighted by Crippen LogP contribution is -2.33. The van der Waals surface area contributed by atoms with E-state index in [9.17, 15) is 18.7 Å². The molecular formula is C18H18F2N2O3. The standard InChI is InChI=1S/C18H18F2N2O3/c1-25-14-4-3-12(21-9-14)7-18(24)22-10-13(23)8-17(22)11-2-5-15(19)16(20)6-11/h2-6,9,13,17,23H,7-8,10H2,1H3/t13-,17+/m0/s1. The van der Waals surface area contributed by atoms with E-state index in [1.165, 1.54) is 24.3 Å². The maximum Gasteiger partial charge on any atom is 0.229 e. The van der Waals surface area contributed by atoms with E-state index in [1.54, 1.807) is 12.1 Å². The maximum atomic E-state index is 13.5. The Morgan fingerprint density at radius 1 is 1.32 bits per heavy atom. The number of carbonyl (C=O) groups excluding carboxylic acids is 1. The zero-order chi connectivity index (χ0) is 18.0. The number of hydrogen-bond acceptors (Lipinski definition) is 4. The first kappa shape index (κ1) is 17.3. The SMILES string of the molecule is COc1ccc(CC(=O)N2C[C@@H](O)C[C@@H]2c2ccc(F)c(F)c2)nc1. The van der Waals surface area contributed by atoms with Gasteiger partial charge in [0.15, 0.2) is 11.6 Å². The van der Waals surface area contributed by atoms with Crippen molar-refractivity contribution in [1.29, 1.82) is 0 Å². The van der Waals surface area contributed by atoms with Crippen LogP contribution in [0.2, 0.25) is 0 Å². The van der Waals surface area contributed by atoms with E-state index in [4.69, 9.17) is 4.74 Å². The predicted molar refractivity (Wildman–Crippen MR) is 85.9 cm³/mol. The number of halogens is 2. The summed E-state index contributed by atoms with van der Waals surface area (Å²) >= 11 is 0. The molecule has 2 heterocycles. The van der Waals surface area contributed by atoms with E-state index in [2.05, 4.69) is 4.98 Å². The molecule has 1 aliphatic rings. The Morgan fingerprint density at radius 2 is 2.12 bits per heavy atom. The van der Waals surface area contributed by atoms with Gasteiger partial charge >= 0.3 is 0 Å². The summed E-state index contributed by atoms with van der Waals surface area (Å²) in [5.41, 5.74) is 1.03. The highest BCUT2D eigenvalue weighted by atomic mass is 19.2. The van der Waals surface area contributed by atoms with Crippen LogP contribution in [0.25, 0.3) is 0 Å². The molecule has 0 spiro atoms. The molecule has 1 fully saturated rings. The van der Waals surface area contributed by atoms with Crippen LogP contribution in [0.1, 0.15) is 23.7 Å². The fourth-order valence-electron chi connectivity index (χ4n) is 3.02. The molecule has 1 amide bonds. The van der Waals surface area contributed by atoms with Crippen LogP contribution in [0.3, 0.4) is 0 Å². The largest absolute Gasteiger partial charge is 0.495 e. The number of aromatic nitrogens is 1. The number of aliphatic hydroxyl groups excluding tert-OH is 1. The van der Waals surface area contributed by atoms with Crippen LogP contribution in [0.4, 0.5) is 8.78 Å². The minimum Gasteiger partial charge on any atom is -0.495 e. The number of aliphatic hydroxyl groups is 1. The van der Waals surface area contributed by atoms with Crippen LogP contribution in [0, 0.1) is 11.6 Å². The summed E-state index contributed by atoms with van der Waals surface area (Å²) in [5.74, 6) is -1.55. The van der Waals surface area contributed by atoms with Crippen molar-refractivity contribution in [2.24, 2.45) is 0 Å². The molecule has 2 atom stereocenters. The first-order valence-electron chi connectivity index (χ1n) is 7.89. The number of hydrogen-bond donors (Lipinski definition) is 1. The van der Waals surface area contributed by atoms with Crippen molar-refractivity contribution < 1.29 is 23.4 Å². The van der Waals surface area contributed by atoms with Gasteiger partial charge in [0.2, 0.25) is 5.91 Å². The summed E-state index contributed by atoms with van der Waals surface area (Å²) in [6.07, 6.45) is 1.16. The number of pyridine rings is 1. The average Bonchev–Trinajstić information content (AvgIpc) is 3.00. The molecule has 1 aromatic heterocycles. The third-order valence-corrected chi connectivity index (χ3v) is 4.29.